The van der Waals surface area contributed by atoms with Crippen molar-refractivity contribution in [3.05, 3.63) is 54.0 Å². The third-order valence-electron chi connectivity index (χ3n) is 5.97. The average Bonchev–Trinajstić information content (AvgIpc) is 3.39. The van der Waals surface area contributed by atoms with Crippen LogP contribution >= 0.6 is 0 Å². The summed E-state index contributed by atoms with van der Waals surface area (Å²) < 4.78 is 15.5. The molecule has 9 heteroatoms. The first kappa shape index (κ1) is 22.2. The molecule has 176 valence electrons. The molecule has 1 aliphatic heterocycles. The number of nitrogens with one attached hydrogen (secondary N) is 1. The van der Waals surface area contributed by atoms with Crippen LogP contribution in [0.5, 0.6) is 0 Å². The molecule has 0 unspecified atom stereocenters. The number of aryl methyl sites for hydroxylation is 1. The summed E-state index contributed by atoms with van der Waals surface area (Å²) in [6.45, 7) is 11.7. The Bertz CT molecular complexity index is 1410. The van der Waals surface area contributed by atoms with Gasteiger partial charge >= 0.3 is 0 Å². The van der Waals surface area contributed by atoms with Crippen molar-refractivity contribution in [1.82, 2.24) is 24.6 Å². The number of benzene rings is 1. The van der Waals surface area contributed by atoms with Gasteiger partial charge in [0.2, 0.25) is 0 Å². The zero-order valence-electron chi connectivity index (χ0n) is 19.6. The van der Waals surface area contributed by atoms with E-state index in [0.29, 0.717) is 46.7 Å². The van der Waals surface area contributed by atoms with Gasteiger partial charge in [0, 0.05) is 37.8 Å². The normalized spacial score (nSPS) is 14.5. The number of hydrogen-bond acceptors (Lipinski definition) is 7. The maximum absolute atomic E-state index is 13.8. The van der Waals surface area contributed by atoms with E-state index < -0.39 is 5.60 Å². The first-order valence-electron chi connectivity index (χ1n) is 11.4. The Hall–Kier alpha value is -3.59. The molecule has 0 saturated carbocycles. The summed E-state index contributed by atoms with van der Waals surface area (Å²) in [5, 5.41) is 18.3. The van der Waals surface area contributed by atoms with Crippen molar-refractivity contribution in [2.24, 2.45) is 0 Å². The first-order valence-corrected chi connectivity index (χ1v) is 11.4. The molecule has 1 fully saturated rings. The van der Waals surface area contributed by atoms with Crippen molar-refractivity contribution in [1.29, 1.82) is 0 Å². The molecule has 8 nitrogen and oxygen atoms in total. The van der Waals surface area contributed by atoms with Gasteiger partial charge in [0.25, 0.3) is 0 Å². The number of nitrogens with zero attached hydrogens (tertiary/aromatic N) is 6. The maximum atomic E-state index is 13.8. The summed E-state index contributed by atoms with van der Waals surface area (Å²) >= 11 is 0. The van der Waals surface area contributed by atoms with Crippen LogP contribution in [-0.4, -0.2) is 54.9 Å². The van der Waals surface area contributed by atoms with Crippen LogP contribution in [0.2, 0.25) is 0 Å². The summed E-state index contributed by atoms with van der Waals surface area (Å²) in [6.07, 6.45) is 1.52. The smallest absolute Gasteiger partial charge is 0.160 e. The fraction of sp³-hybridized carbons (Fsp3) is 0.360. The minimum Gasteiger partial charge on any atom is -0.390 e. The molecule has 3 aromatic heterocycles. The van der Waals surface area contributed by atoms with E-state index in [4.69, 9.17) is 10.1 Å². The Morgan fingerprint density at radius 1 is 1.15 bits per heavy atom. The van der Waals surface area contributed by atoms with Crippen LogP contribution in [0, 0.1) is 12.7 Å². The molecule has 0 spiro atoms. The number of hydrogen-bond donors (Lipinski definition) is 2. The maximum Gasteiger partial charge on any atom is 0.160 e. The molecule has 0 amide bonds. The fourth-order valence-corrected chi connectivity index (χ4v) is 4.14. The van der Waals surface area contributed by atoms with Crippen LogP contribution in [0.15, 0.2) is 42.5 Å². The lowest BCUT2D eigenvalue weighted by Gasteiger charge is -2.20. The molecular formula is C25H28FN7O. The molecule has 0 atom stereocenters. The van der Waals surface area contributed by atoms with Crippen LogP contribution in [0.3, 0.4) is 0 Å². The number of aliphatic hydroxyl groups is 1. The average molecular weight is 462 g/mol. The second kappa shape index (κ2) is 8.32. The Kier molecular flexibility index (Phi) is 5.44. The van der Waals surface area contributed by atoms with Crippen LogP contribution in [0.4, 0.5) is 16.0 Å². The lowest BCUT2D eigenvalue weighted by Crippen LogP contribution is -2.24. The molecule has 0 radical (unpaired) electrons. The van der Waals surface area contributed by atoms with E-state index in [1.54, 1.807) is 24.4 Å². The van der Waals surface area contributed by atoms with E-state index in [9.17, 15) is 9.50 Å². The number of fused-ring (bicyclic) bond motifs is 2. The third kappa shape index (κ3) is 4.43. The zero-order valence-corrected chi connectivity index (χ0v) is 19.6. The summed E-state index contributed by atoms with van der Waals surface area (Å²) in [5.41, 5.74) is 4.07. The van der Waals surface area contributed by atoms with Crippen LogP contribution in [0.25, 0.3) is 28.1 Å². The van der Waals surface area contributed by atoms with Crippen LogP contribution in [-0.2, 0) is 0 Å². The van der Waals surface area contributed by atoms with Crippen LogP contribution in [0.1, 0.15) is 32.4 Å². The number of rotatable bonds is 6. The second-order valence-corrected chi connectivity index (χ2v) is 9.50. The second-order valence-electron chi connectivity index (χ2n) is 9.50. The summed E-state index contributed by atoms with van der Waals surface area (Å²) in [4.78, 5) is 16.3. The number of halogens is 1. The molecule has 1 saturated heterocycles. The van der Waals surface area contributed by atoms with Crippen molar-refractivity contribution < 1.29 is 9.50 Å². The van der Waals surface area contributed by atoms with E-state index in [1.165, 1.54) is 17.7 Å². The highest BCUT2D eigenvalue weighted by molar-refractivity contribution is 5.78. The van der Waals surface area contributed by atoms with E-state index in [2.05, 4.69) is 26.8 Å². The highest BCUT2D eigenvalue weighted by atomic mass is 19.1. The minimum absolute atomic E-state index is 0.358. The highest BCUT2D eigenvalue weighted by Gasteiger charge is 2.21. The quantitative estimate of drug-likeness (QED) is 0.417. The molecule has 0 bridgehead atoms. The van der Waals surface area contributed by atoms with Gasteiger partial charge in [-0.1, -0.05) is 12.2 Å². The first-order chi connectivity index (χ1) is 16.2. The Balaban J connectivity index is 1.59. The number of aromatic nitrogens is 5. The Morgan fingerprint density at radius 3 is 2.71 bits per heavy atom. The molecular weight excluding hydrogens is 433 g/mol. The predicted octanol–water partition coefficient (Wildman–Crippen LogP) is 4.13. The predicted molar refractivity (Wildman–Crippen MR) is 132 cm³/mol. The van der Waals surface area contributed by atoms with Gasteiger partial charge in [-0.15, -0.1) is 0 Å². The minimum atomic E-state index is -0.781. The topological polar surface area (TPSA) is 91.5 Å². The molecule has 1 aromatic carbocycles. The third-order valence-corrected chi connectivity index (χ3v) is 5.97. The lowest BCUT2D eigenvalue weighted by atomic mass is 10.1. The van der Waals surface area contributed by atoms with Crippen molar-refractivity contribution >= 4 is 28.3 Å². The van der Waals surface area contributed by atoms with Crippen molar-refractivity contribution in [2.45, 2.75) is 39.2 Å². The van der Waals surface area contributed by atoms with Gasteiger partial charge in [-0.25, -0.2) is 19.3 Å². The van der Waals surface area contributed by atoms with E-state index in [1.807, 2.05) is 19.1 Å². The Morgan fingerprint density at radius 2 is 1.97 bits per heavy atom. The zero-order chi connectivity index (χ0) is 24.0. The molecule has 1 aliphatic rings. The molecule has 2 N–H and O–H groups in total. The summed E-state index contributed by atoms with van der Waals surface area (Å²) in [5.74, 6) is 1.25. The molecule has 34 heavy (non-hydrogen) atoms. The highest BCUT2D eigenvalue weighted by Crippen LogP contribution is 2.28. The van der Waals surface area contributed by atoms with Crippen molar-refractivity contribution in [3.8, 4) is 11.4 Å². The van der Waals surface area contributed by atoms with Gasteiger partial charge in [0.15, 0.2) is 5.65 Å². The van der Waals surface area contributed by atoms with Gasteiger partial charge < -0.3 is 15.3 Å². The molecule has 4 aromatic rings. The van der Waals surface area contributed by atoms with E-state index in [-0.39, 0.29) is 5.82 Å². The molecule has 0 aliphatic carbocycles. The van der Waals surface area contributed by atoms with Gasteiger partial charge in [0.1, 0.15) is 28.8 Å². The standard InChI is InChI=1S/C25H28FN7O/c1-15-7-10-32(14-15)22-13-21(27-9-8-25(3,4)34)33-23(30-22)12-20(31-33)24-16(2)28-18-6-5-17(26)11-19(18)29-24/h5-6,11-13,27,34H,1,7-10,14H2,2-4H3. The SMILES string of the molecule is C=C1CCN(c2cc(NCCC(C)(C)O)n3nc(-c4nc5cc(F)ccc5nc4C)cc3n2)C1. The van der Waals surface area contributed by atoms with Crippen molar-refractivity contribution in [2.75, 3.05) is 29.9 Å². The van der Waals surface area contributed by atoms with E-state index in [0.717, 1.165) is 31.1 Å². The van der Waals surface area contributed by atoms with Gasteiger partial charge in [0.05, 0.1) is 22.3 Å². The largest absolute Gasteiger partial charge is 0.390 e. The fourth-order valence-electron chi connectivity index (χ4n) is 4.14. The van der Waals surface area contributed by atoms with E-state index >= 15 is 0 Å². The lowest BCUT2D eigenvalue weighted by molar-refractivity contribution is 0.0748. The monoisotopic (exact) mass is 461 g/mol. The summed E-state index contributed by atoms with van der Waals surface area (Å²) in [7, 11) is 0. The van der Waals surface area contributed by atoms with Gasteiger partial charge in [-0.05, 0) is 45.7 Å². The summed E-state index contributed by atoms with van der Waals surface area (Å²) in [6, 6.07) is 8.23. The number of anilines is 2. The molecule has 5 rings (SSSR count). The molecule has 4 heterocycles. The van der Waals surface area contributed by atoms with Crippen molar-refractivity contribution in [3.63, 3.8) is 0 Å². The van der Waals surface area contributed by atoms with Gasteiger partial charge in [-0.2, -0.15) is 9.61 Å². The van der Waals surface area contributed by atoms with Gasteiger partial charge in [-0.3, -0.25) is 0 Å². The Labute approximate surface area is 197 Å². The van der Waals surface area contributed by atoms with Crippen LogP contribution < -0.4 is 10.2 Å².